The van der Waals surface area contributed by atoms with E-state index < -0.39 is 0 Å². The second-order valence-corrected chi connectivity index (χ2v) is 8.65. The van der Waals surface area contributed by atoms with Gasteiger partial charge in [-0.3, -0.25) is 9.59 Å². The Morgan fingerprint density at radius 3 is 2.52 bits per heavy atom. The second kappa shape index (κ2) is 8.56. The first-order valence-corrected chi connectivity index (χ1v) is 10.9. The van der Waals surface area contributed by atoms with Crippen LogP contribution in [0, 0.1) is 20.8 Å². The van der Waals surface area contributed by atoms with Crippen molar-refractivity contribution in [3.05, 3.63) is 74.7 Å². The Bertz CT molecular complexity index is 1320. The van der Waals surface area contributed by atoms with Crippen LogP contribution < -0.4 is 10.9 Å². The van der Waals surface area contributed by atoms with Crippen molar-refractivity contribution >= 4 is 46.0 Å². The molecule has 0 aliphatic rings. The minimum absolute atomic E-state index is 0.107. The third kappa shape index (κ3) is 4.50. The number of hydrogen-bond acceptors (Lipinski definition) is 5. The van der Waals surface area contributed by atoms with Gasteiger partial charge in [0, 0.05) is 10.7 Å². The number of benzene rings is 2. The molecule has 4 aromatic rings. The minimum atomic E-state index is -0.307. The van der Waals surface area contributed by atoms with Crippen LogP contribution in [0.3, 0.4) is 0 Å². The zero-order chi connectivity index (χ0) is 22.1. The van der Waals surface area contributed by atoms with Crippen molar-refractivity contribution in [3.8, 4) is 5.69 Å². The third-order valence-corrected chi connectivity index (χ3v) is 5.89. The molecule has 2 N–H and O–H groups in total. The van der Waals surface area contributed by atoms with Gasteiger partial charge >= 0.3 is 0 Å². The summed E-state index contributed by atoms with van der Waals surface area (Å²) in [6.45, 7) is 5.95. The van der Waals surface area contributed by atoms with Crippen molar-refractivity contribution in [2.45, 2.75) is 25.9 Å². The van der Waals surface area contributed by atoms with E-state index in [-0.39, 0.29) is 17.2 Å². The van der Waals surface area contributed by atoms with Gasteiger partial charge in [0.25, 0.3) is 5.56 Å². The molecule has 2 aromatic heterocycles. The number of halogens is 1. The Hall–Kier alpha value is -3.10. The molecule has 0 fully saturated rings. The number of carbonyl (C=O) groups is 1. The number of H-pyrrole nitrogens is 1. The lowest BCUT2D eigenvalue weighted by molar-refractivity contribution is -0.113. The van der Waals surface area contributed by atoms with Gasteiger partial charge in [0.15, 0.2) is 10.8 Å². The number of aromatic amines is 1. The molecule has 0 atom stereocenters. The summed E-state index contributed by atoms with van der Waals surface area (Å²) in [5.41, 5.74) is 4.82. The average Bonchev–Trinajstić information content (AvgIpc) is 3.14. The lowest BCUT2D eigenvalue weighted by atomic mass is 10.1. The lowest BCUT2D eigenvalue weighted by Gasteiger charge is -2.12. The smallest absolute Gasteiger partial charge is 0.262 e. The summed E-state index contributed by atoms with van der Waals surface area (Å²) in [5.74, 6) is -0.0648. The van der Waals surface area contributed by atoms with Crippen LogP contribution in [0.4, 0.5) is 5.69 Å². The maximum absolute atomic E-state index is 12.5. The molecule has 0 spiro atoms. The molecular formula is C22H20ClN5O2S. The van der Waals surface area contributed by atoms with E-state index in [1.807, 2.05) is 32.9 Å². The fraction of sp³-hybridized carbons (Fsp3) is 0.182. The molecule has 158 valence electrons. The molecular weight excluding hydrogens is 434 g/mol. The highest BCUT2D eigenvalue weighted by Gasteiger charge is 2.14. The molecule has 4 rings (SSSR count). The number of carbonyl (C=O) groups excluding carboxylic acids is 1. The van der Waals surface area contributed by atoms with Crippen molar-refractivity contribution in [1.82, 2.24) is 19.7 Å². The van der Waals surface area contributed by atoms with Crippen LogP contribution >= 0.6 is 23.4 Å². The Kier molecular flexibility index (Phi) is 5.84. The number of amides is 1. The zero-order valence-electron chi connectivity index (χ0n) is 17.2. The van der Waals surface area contributed by atoms with E-state index in [2.05, 4.69) is 20.4 Å². The number of rotatable bonds is 5. The molecule has 0 radical (unpaired) electrons. The summed E-state index contributed by atoms with van der Waals surface area (Å²) in [6, 6.07) is 11.1. The number of thioether (sulfide) groups is 1. The standard InChI is InChI=1S/C22H20ClN5O2S/c1-12-8-13(2)19(14(3)9-12)25-18(29)11-31-22-26-20-17(21(30)27-22)10-24-28(20)16-6-4-15(23)5-7-16/h4-10H,11H2,1-3H3,(H,25,29)(H,26,27,30). The van der Waals surface area contributed by atoms with Crippen molar-refractivity contribution in [2.75, 3.05) is 11.1 Å². The van der Waals surface area contributed by atoms with Crippen LogP contribution in [-0.2, 0) is 4.79 Å². The number of aryl methyl sites for hydroxylation is 3. The van der Waals surface area contributed by atoms with E-state index in [0.29, 0.717) is 21.2 Å². The SMILES string of the molecule is Cc1cc(C)c(NC(=O)CSc2nc3c(cnn3-c3ccc(Cl)cc3)c(=O)[nH]2)c(C)c1. The second-order valence-electron chi connectivity index (χ2n) is 7.25. The van der Waals surface area contributed by atoms with Gasteiger partial charge in [-0.15, -0.1) is 0 Å². The highest BCUT2D eigenvalue weighted by atomic mass is 35.5. The molecule has 2 aromatic carbocycles. The van der Waals surface area contributed by atoms with Gasteiger partial charge < -0.3 is 10.3 Å². The van der Waals surface area contributed by atoms with E-state index >= 15 is 0 Å². The summed E-state index contributed by atoms with van der Waals surface area (Å²) in [7, 11) is 0. The fourth-order valence-corrected chi connectivity index (χ4v) is 4.21. The molecule has 2 heterocycles. The van der Waals surface area contributed by atoms with Gasteiger partial charge in [-0.1, -0.05) is 41.1 Å². The van der Waals surface area contributed by atoms with Crippen molar-refractivity contribution < 1.29 is 4.79 Å². The van der Waals surface area contributed by atoms with Gasteiger partial charge in [-0.25, -0.2) is 9.67 Å². The summed E-state index contributed by atoms with van der Waals surface area (Å²) in [4.78, 5) is 32.2. The number of anilines is 1. The van der Waals surface area contributed by atoms with E-state index in [0.717, 1.165) is 39.8 Å². The summed E-state index contributed by atoms with van der Waals surface area (Å²) >= 11 is 7.12. The Labute approximate surface area is 187 Å². The van der Waals surface area contributed by atoms with E-state index in [1.54, 1.807) is 28.9 Å². The molecule has 0 aliphatic carbocycles. The molecule has 0 unspecified atom stereocenters. The summed E-state index contributed by atoms with van der Waals surface area (Å²) in [6.07, 6.45) is 1.47. The van der Waals surface area contributed by atoms with Gasteiger partial charge in [0.1, 0.15) is 5.39 Å². The molecule has 31 heavy (non-hydrogen) atoms. The maximum Gasteiger partial charge on any atom is 0.262 e. The quantitative estimate of drug-likeness (QED) is 0.344. The number of fused-ring (bicyclic) bond motifs is 1. The molecule has 1 amide bonds. The van der Waals surface area contributed by atoms with Crippen LogP contribution in [0.25, 0.3) is 16.7 Å². The first-order chi connectivity index (χ1) is 14.8. The maximum atomic E-state index is 12.5. The highest BCUT2D eigenvalue weighted by Crippen LogP contribution is 2.23. The molecule has 0 saturated carbocycles. The van der Waals surface area contributed by atoms with E-state index in [1.165, 1.54) is 6.20 Å². The summed E-state index contributed by atoms with van der Waals surface area (Å²) < 4.78 is 1.57. The fourth-order valence-electron chi connectivity index (χ4n) is 3.42. The normalized spacial score (nSPS) is 11.1. The van der Waals surface area contributed by atoms with Crippen LogP contribution in [0.15, 0.2) is 52.5 Å². The predicted molar refractivity (Wildman–Crippen MR) is 125 cm³/mol. The average molecular weight is 454 g/mol. The number of nitrogens with zero attached hydrogens (tertiary/aromatic N) is 3. The Morgan fingerprint density at radius 1 is 1.16 bits per heavy atom. The number of aromatic nitrogens is 4. The molecule has 9 heteroatoms. The molecule has 7 nitrogen and oxygen atoms in total. The largest absolute Gasteiger partial charge is 0.325 e. The number of nitrogens with one attached hydrogen (secondary N) is 2. The van der Waals surface area contributed by atoms with Gasteiger partial charge in [0.2, 0.25) is 5.91 Å². The third-order valence-electron chi connectivity index (χ3n) is 4.77. The monoisotopic (exact) mass is 453 g/mol. The number of hydrogen-bond donors (Lipinski definition) is 2. The Morgan fingerprint density at radius 2 is 1.84 bits per heavy atom. The topological polar surface area (TPSA) is 92.7 Å². The van der Waals surface area contributed by atoms with Crippen LogP contribution in [-0.4, -0.2) is 31.4 Å². The van der Waals surface area contributed by atoms with E-state index in [4.69, 9.17) is 11.6 Å². The van der Waals surface area contributed by atoms with Gasteiger partial charge in [0.05, 0.1) is 17.6 Å². The van der Waals surface area contributed by atoms with Crippen molar-refractivity contribution in [2.24, 2.45) is 0 Å². The van der Waals surface area contributed by atoms with E-state index in [9.17, 15) is 9.59 Å². The molecule has 0 bridgehead atoms. The first-order valence-electron chi connectivity index (χ1n) is 9.56. The zero-order valence-corrected chi connectivity index (χ0v) is 18.8. The van der Waals surface area contributed by atoms with Crippen molar-refractivity contribution in [3.63, 3.8) is 0 Å². The molecule has 0 aliphatic heterocycles. The van der Waals surface area contributed by atoms with Gasteiger partial charge in [-0.05, 0) is 56.2 Å². The lowest BCUT2D eigenvalue weighted by Crippen LogP contribution is -2.17. The highest BCUT2D eigenvalue weighted by molar-refractivity contribution is 7.99. The minimum Gasteiger partial charge on any atom is -0.325 e. The first kappa shape index (κ1) is 21.1. The predicted octanol–water partition coefficient (Wildman–Crippen LogP) is 4.42. The Balaban J connectivity index is 1.55. The summed E-state index contributed by atoms with van der Waals surface area (Å²) in [5, 5.41) is 8.55. The van der Waals surface area contributed by atoms with Gasteiger partial charge in [-0.2, -0.15) is 5.10 Å². The van der Waals surface area contributed by atoms with Crippen molar-refractivity contribution in [1.29, 1.82) is 0 Å². The van der Waals surface area contributed by atoms with Crippen LogP contribution in [0.2, 0.25) is 5.02 Å². The molecule has 0 saturated heterocycles. The van der Waals surface area contributed by atoms with Crippen LogP contribution in [0.1, 0.15) is 16.7 Å². The van der Waals surface area contributed by atoms with Crippen LogP contribution in [0.5, 0.6) is 0 Å².